The minimum absolute atomic E-state index is 0.155. The van der Waals surface area contributed by atoms with E-state index in [1.165, 1.54) is 24.3 Å². The zero-order chi connectivity index (χ0) is 17.9. The molecule has 0 saturated heterocycles. The molecule has 5 N–H and O–H groups in total. The van der Waals surface area contributed by atoms with Crippen LogP contribution in [0.5, 0.6) is 11.5 Å². The van der Waals surface area contributed by atoms with Gasteiger partial charge in [-0.2, -0.15) is 0 Å². The van der Waals surface area contributed by atoms with Crippen molar-refractivity contribution in [1.82, 2.24) is 0 Å². The number of hydrogen-bond acceptors (Lipinski definition) is 7. The summed E-state index contributed by atoms with van der Waals surface area (Å²) >= 11 is 0. The summed E-state index contributed by atoms with van der Waals surface area (Å²) in [6.45, 7) is 0. The molecule has 0 aromatic heterocycles. The topological polar surface area (TPSA) is 145 Å². The number of phenolic OH excluding ortho intramolecular Hbond substituents is 2. The number of aliphatic hydroxyl groups excluding tert-OH is 2. The lowest BCUT2D eigenvalue weighted by atomic mass is 9.92. The Morgan fingerprint density at radius 3 is 2.46 bits per heavy atom. The zero-order valence-corrected chi connectivity index (χ0v) is 12.4. The standard InChI is InChI=1S/C16H16O8/c17-10-3-1-8(5-11(10)18)2-4-14(21)24-15-12(19)6-9(16(22)23)7-13(15)20/h1-6,12-13,15,17-20H,7H2,(H,22,23)/t12-,13-,15-/m1/s1. The molecule has 24 heavy (non-hydrogen) atoms. The third-order valence-electron chi connectivity index (χ3n) is 3.46. The smallest absolute Gasteiger partial charge is 0.331 e. The van der Waals surface area contributed by atoms with Gasteiger partial charge in [0.05, 0.1) is 6.10 Å². The molecule has 2 rings (SSSR count). The van der Waals surface area contributed by atoms with E-state index in [0.717, 1.165) is 12.2 Å². The van der Waals surface area contributed by atoms with Gasteiger partial charge in [0.25, 0.3) is 0 Å². The molecule has 1 aromatic rings. The van der Waals surface area contributed by atoms with Gasteiger partial charge < -0.3 is 30.3 Å². The number of carboxylic acids is 1. The number of benzene rings is 1. The third kappa shape index (κ3) is 4.12. The van der Waals surface area contributed by atoms with Crippen LogP contribution in [-0.4, -0.2) is 55.8 Å². The van der Waals surface area contributed by atoms with E-state index in [1.54, 1.807) is 0 Å². The number of phenols is 2. The van der Waals surface area contributed by atoms with E-state index in [2.05, 4.69) is 0 Å². The molecule has 0 amide bonds. The number of ether oxygens (including phenoxy) is 1. The zero-order valence-electron chi connectivity index (χ0n) is 12.4. The van der Waals surface area contributed by atoms with Crippen molar-refractivity contribution < 1.29 is 39.9 Å². The maximum atomic E-state index is 11.8. The minimum Gasteiger partial charge on any atom is -0.504 e. The van der Waals surface area contributed by atoms with Crippen LogP contribution in [0.2, 0.25) is 0 Å². The first kappa shape index (κ1) is 17.5. The number of carboxylic acid groups (broad SMARTS) is 1. The molecule has 1 aromatic carbocycles. The van der Waals surface area contributed by atoms with Gasteiger partial charge in [-0.05, 0) is 29.8 Å². The fraction of sp³-hybridized carbons (Fsp3) is 0.250. The Morgan fingerprint density at radius 2 is 1.88 bits per heavy atom. The van der Waals surface area contributed by atoms with Gasteiger partial charge in [0.1, 0.15) is 6.10 Å². The summed E-state index contributed by atoms with van der Waals surface area (Å²) in [5, 5.41) is 47.0. The first-order valence-corrected chi connectivity index (χ1v) is 6.98. The maximum Gasteiger partial charge on any atom is 0.331 e. The van der Waals surface area contributed by atoms with Crippen LogP contribution >= 0.6 is 0 Å². The summed E-state index contributed by atoms with van der Waals surface area (Å²) in [6, 6.07) is 3.92. The Morgan fingerprint density at radius 1 is 1.17 bits per heavy atom. The summed E-state index contributed by atoms with van der Waals surface area (Å²) in [4.78, 5) is 22.6. The normalized spacial score (nSPS) is 23.8. The first-order valence-electron chi connectivity index (χ1n) is 6.98. The Kier molecular flexibility index (Phi) is 5.22. The quantitative estimate of drug-likeness (QED) is 0.297. The Balaban J connectivity index is 2.02. The second-order valence-electron chi connectivity index (χ2n) is 5.24. The van der Waals surface area contributed by atoms with E-state index in [4.69, 9.17) is 9.84 Å². The second kappa shape index (κ2) is 7.16. The second-order valence-corrected chi connectivity index (χ2v) is 5.24. The molecular formula is C16H16O8. The van der Waals surface area contributed by atoms with Gasteiger partial charge in [0.15, 0.2) is 17.6 Å². The highest BCUT2D eigenvalue weighted by Gasteiger charge is 2.35. The Hall–Kier alpha value is -2.84. The lowest BCUT2D eigenvalue weighted by Crippen LogP contribution is -2.44. The largest absolute Gasteiger partial charge is 0.504 e. The average Bonchev–Trinajstić information content (AvgIpc) is 2.51. The lowest BCUT2D eigenvalue weighted by molar-refractivity contribution is -0.157. The fourth-order valence-electron chi connectivity index (χ4n) is 2.23. The highest BCUT2D eigenvalue weighted by molar-refractivity contribution is 5.88. The Bertz CT molecular complexity index is 706. The number of aliphatic hydroxyl groups is 2. The SMILES string of the molecule is O=C(C=Cc1ccc(O)c(O)c1)O[C@@H]1[C@H](O)C=C(C(=O)O)C[C@H]1O. The minimum atomic E-state index is -1.44. The van der Waals surface area contributed by atoms with E-state index in [9.17, 15) is 30.0 Å². The van der Waals surface area contributed by atoms with Gasteiger partial charge in [0, 0.05) is 18.1 Å². The molecule has 0 saturated carbocycles. The highest BCUT2D eigenvalue weighted by atomic mass is 16.6. The van der Waals surface area contributed by atoms with Crippen LogP contribution in [0.25, 0.3) is 6.08 Å². The van der Waals surface area contributed by atoms with Gasteiger partial charge in [-0.1, -0.05) is 6.07 Å². The van der Waals surface area contributed by atoms with Crippen molar-refractivity contribution in [2.24, 2.45) is 0 Å². The number of aromatic hydroxyl groups is 2. The molecular weight excluding hydrogens is 320 g/mol. The molecule has 1 aliphatic rings. The Labute approximate surface area is 136 Å². The van der Waals surface area contributed by atoms with Gasteiger partial charge in [0.2, 0.25) is 0 Å². The van der Waals surface area contributed by atoms with Crippen LogP contribution < -0.4 is 0 Å². The van der Waals surface area contributed by atoms with Crippen molar-refractivity contribution in [2.75, 3.05) is 0 Å². The summed E-state index contributed by atoms with van der Waals surface area (Å²) in [6.07, 6.45) is -0.961. The van der Waals surface area contributed by atoms with Crippen LogP contribution in [0, 0.1) is 0 Å². The van der Waals surface area contributed by atoms with Crippen LogP contribution in [0.15, 0.2) is 35.9 Å². The van der Waals surface area contributed by atoms with Crippen LogP contribution in [0.4, 0.5) is 0 Å². The number of aliphatic carboxylic acids is 1. The molecule has 3 atom stereocenters. The molecule has 0 fully saturated rings. The summed E-state index contributed by atoms with van der Waals surface area (Å²) in [5.41, 5.74) is 0.262. The lowest BCUT2D eigenvalue weighted by Gasteiger charge is -2.29. The molecule has 0 aliphatic heterocycles. The van der Waals surface area contributed by atoms with Gasteiger partial charge >= 0.3 is 11.9 Å². The van der Waals surface area contributed by atoms with Crippen molar-refractivity contribution >= 4 is 18.0 Å². The van der Waals surface area contributed by atoms with E-state index in [-0.39, 0.29) is 23.5 Å². The number of rotatable bonds is 4. The first-order chi connectivity index (χ1) is 11.3. The van der Waals surface area contributed by atoms with Crippen LogP contribution in [-0.2, 0) is 14.3 Å². The summed E-state index contributed by atoms with van der Waals surface area (Å²) < 4.78 is 4.94. The molecule has 0 unspecified atom stereocenters. The van der Waals surface area contributed by atoms with Crippen LogP contribution in [0.3, 0.4) is 0 Å². The van der Waals surface area contributed by atoms with Crippen molar-refractivity contribution in [3.8, 4) is 11.5 Å². The van der Waals surface area contributed by atoms with E-state index < -0.39 is 30.3 Å². The number of carbonyl (C=O) groups is 2. The molecule has 0 radical (unpaired) electrons. The average molecular weight is 336 g/mol. The van der Waals surface area contributed by atoms with E-state index >= 15 is 0 Å². The van der Waals surface area contributed by atoms with Crippen LogP contribution in [0.1, 0.15) is 12.0 Å². The molecule has 0 heterocycles. The van der Waals surface area contributed by atoms with Crippen molar-refractivity contribution in [2.45, 2.75) is 24.7 Å². The van der Waals surface area contributed by atoms with Crippen molar-refractivity contribution in [1.29, 1.82) is 0 Å². The molecule has 0 spiro atoms. The fourth-order valence-corrected chi connectivity index (χ4v) is 2.23. The molecule has 8 heteroatoms. The van der Waals surface area contributed by atoms with Gasteiger partial charge in [-0.25, -0.2) is 9.59 Å². The predicted octanol–water partition coefficient (Wildman–Crippen LogP) is 0.159. The van der Waals surface area contributed by atoms with E-state index in [1.807, 2.05) is 0 Å². The van der Waals surface area contributed by atoms with Crippen molar-refractivity contribution in [3.05, 3.63) is 41.5 Å². The van der Waals surface area contributed by atoms with Gasteiger partial charge in [-0.3, -0.25) is 0 Å². The summed E-state index contributed by atoms with van der Waals surface area (Å²) in [5.74, 6) is -2.78. The highest BCUT2D eigenvalue weighted by Crippen LogP contribution is 2.26. The number of esters is 1. The summed E-state index contributed by atoms with van der Waals surface area (Å²) in [7, 11) is 0. The number of carbonyl (C=O) groups excluding carboxylic acids is 1. The maximum absolute atomic E-state index is 11.8. The molecule has 128 valence electrons. The third-order valence-corrected chi connectivity index (χ3v) is 3.46. The predicted molar refractivity (Wildman–Crippen MR) is 81.0 cm³/mol. The molecule has 0 bridgehead atoms. The molecule has 8 nitrogen and oxygen atoms in total. The monoisotopic (exact) mass is 336 g/mol. The molecule has 1 aliphatic carbocycles. The van der Waals surface area contributed by atoms with Gasteiger partial charge in [-0.15, -0.1) is 0 Å². The van der Waals surface area contributed by atoms with Crippen molar-refractivity contribution in [3.63, 3.8) is 0 Å². The van der Waals surface area contributed by atoms with E-state index in [0.29, 0.717) is 5.56 Å². The number of hydrogen-bond donors (Lipinski definition) is 5.